The second kappa shape index (κ2) is 6.71. The first-order chi connectivity index (χ1) is 9.60. The highest BCUT2D eigenvalue weighted by Gasteiger charge is 2.20. The van der Waals surface area contributed by atoms with Gasteiger partial charge in [0.1, 0.15) is 5.82 Å². The Bertz CT molecular complexity index is 484. The summed E-state index contributed by atoms with van der Waals surface area (Å²) in [6.07, 6.45) is 2.44. The van der Waals surface area contributed by atoms with Gasteiger partial charge in [-0.15, -0.1) is 0 Å². The minimum Gasteiger partial charge on any atom is -0.354 e. The molecule has 20 heavy (non-hydrogen) atoms. The van der Waals surface area contributed by atoms with E-state index in [1.165, 1.54) is 12.8 Å². The Balaban J connectivity index is 2.19. The number of nitrogens with one attached hydrogen (secondary N) is 1. The van der Waals surface area contributed by atoms with Gasteiger partial charge in [-0.1, -0.05) is 0 Å². The largest absolute Gasteiger partial charge is 0.354 e. The number of nitriles is 1. The zero-order valence-electron chi connectivity index (χ0n) is 12.7. The topological polar surface area (TPSA) is 52.0 Å². The molecular formula is C16H24N4. The van der Waals surface area contributed by atoms with Crippen LogP contribution < -0.4 is 10.2 Å². The molecule has 4 nitrogen and oxygen atoms in total. The fraction of sp³-hybridized carbons (Fsp3) is 0.625. The van der Waals surface area contributed by atoms with Crippen molar-refractivity contribution in [3.05, 3.63) is 23.4 Å². The number of piperidine rings is 1. The van der Waals surface area contributed by atoms with Crippen molar-refractivity contribution in [1.29, 1.82) is 5.26 Å². The van der Waals surface area contributed by atoms with Crippen molar-refractivity contribution >= 4 is 5.82 Å². The van der Waals surface area contributed by atoms with Crippen LogP contribution in [0.1, 0.15) is 37.9 Å². The Kier molecular flexibility index (Phi) is 4.97. The third kappa shape index (κ3) is 3.71. The Morgan fingerprint density at radius 2 is 2.10 bits per heavy atom. The monoisotopic (exact) mass is 272 g/mol. The molecule has 0 spiro atoms. The lowest BCUT2D eigenvalue weighted by atomic mass is 9.97. The molecule has 0 unspecified atom stereocenters. The van der Waals surface area contributed by atoms with E-state index < -0.39 is 0 Å². The average Bonchev–Trinajstić information content (AvgIpc) is 2.44. The van der Waals surface area contributed by atoms with Crippen molar-refractivity contribution in [2.45, 2.75) is 39.7 Å². The van der Waals surface area contributed by atoms with Crippen molar-refractivity contribution in [3.63, 3.8) is 0 Å². The number of rotatable bonds is 4. The predicted molar refractivity (Wildman–Crippen MR) is 81.8 cm³/mol. The van der Waals surface area contributed by atoms with Gasteiger partial charge in [0.05, 0.1) is 11.6 Å². The van der Waals surface area contributed by atoms with Crippen molar-refractivity contribution in [2.75, 3.05) is 24.5 Å². The van der Waals surface area contributed by atoms with Crippen molar-refractivity contribution < 1.29 is 0 Å². The molecule has 0 amide bonds. The Morgan fingerprint density at radius 1 is 1.40 bits per heavy atom. The molecular weight excluding hydrogens is 248 g/mol. The van der Waals surface area contributed by atoms with E-state index in [4.69, 9.17) is 5.26 Å². The highest BCUT2D eigenvalue weighted by molar-refractivity contribution is 5.47. The molecule has 0 aromatic carbocycles. The standard InChI is InChI=1S/C16H24N4/c1-12(2)20(11-14-4-6-18-7-5-14)16-9-15(10-17)8-13(3)19-16/h8-9,12,14,18H,4-7,11H2,1-3H3. The van der Waals surface area contributed by atoms with Gasteiger partial charge >= 0.3 is 0 Å². The van der Waals surface area contributed by atoms with E-state index in [9.17, 15) is 0 Å². The first kappa shape index (κ1) is 14.8. The third-order valence-electron chi connectivity index (χ3n) is 3.90. The summed E-state index contributed by atoms with van der Waals surface area (Å²) in [4.78, 5) is 6.97. The van der Waals surface area contributed by atoms with Gasteiger partial charge in [0.25, 0.3) is 0 Å². The molecule has 1 saturated heterocycles. The molecule has 1 N–H and O–H groups in total. The molecule has 2 rings (SSSR count). The first-order valence-corrected chi connectivity index (χ1v) is 7.46. The van der Waals surface area contributed by atoms with E-state index >= 15 is 0 Å². The summed E-state index contributed by atoms with van der Waals surface area (Å²) in [6.45, 7) is 9.59. The Morgan fingerprint density at radius 3 is 2.70 bits per heavy atom. The highest BCUT2D eigenvalue weighted by atomic mass is 15.2. The predicted octanol–water partition coefficient (Wildman–Crippen LogP) is 2.48. The molecule has 0 saturated carbocycles. The molecule has 1 aliphatic heterocycles. The van der Waals surface area contributed by atoms with Crippen molar-refractivity contribution in [1.82, 2.24) is 10.3 Å². The lowest BCUT2D eigenvalue weighted by Crippen LogP contribution is -2.40. The smallest absolute Gasteiger partial charge is 0.130 e. The van der Waals surface area contributed by atoms with Gasteiger partial charge in [-0.3, -0.25) is 0 Å². The molecule has 0 aliphatic carbocycles. The maximum Gasteiger partial charge on any atom is 0.130 e. The summed E-state index contributed by atoms with van der Waals surface area (Å²) in [5.74, 6) is 1.65. The molecule has 1 aliphatic rings. The first-order valence-electron chi connectivity index (χ1n) is 7.46. The molecule has 0 radical (unpaired) electrons. The van der Waals surface area contributed by atoms with Crippen LogP contribution in [0.4, 0.5) is 5.82 Å². The molecule has 1 aromatic rings. The maximum atomic E-state index is 9.12. The lowest BCUT2D eigenvalue weighted by Gasteiger charge is -2.34. The quantitative estimate of drug-likeness (QED) is 0.915. The van der Waals surface area contributed by atoms with Gasteiger partial charge in [-0.2, -0.15) is 5.26 Å². The van der Waals surface area contributed by atoms with Crippen molar-refractivity contribution in [2.24, 2.45) is 5.92 Å². The molecule has 108 valence electrons. The Labute approximate surface area is 121 Å². The van der Waals surface area contributed by atoms with E-state index in [-0.39, 0.29) is 0 Å². The van der Waals surface area contributed by atoms with Crippen LogP contribution in [-0.2, 0) is 0 Å². The number of anilines is 1. The molecule has 1 aromatic heterocycles. The van der Waals surface area contributed by atoms with E-state index in [0.29, 0.717) is 17.5 Å². The van der Waals surface area contributed by atoms with Crippen LogP contribution in [0, 0.1) is 24.2 Å². The summed E-state index contributed by atoms with van der Waals surface area (Å²) in [5, 5.41) is 12.5. The fourth-order valence-electron chi connectivity index (χ4n) is 2.77. The minimum absolute atomic E-state index is 0.394. The average molecular weight is 272 g/mol. The van der Waals surface area contributed by atoms with E-state index in [1.807, 2.05) is 19.1 Å². The summed E-state index contributed by atoms with van der Waals surface area (Å²) in [7, 11) is 0. The molecule has 1 fully saturated rings. The van der Waals surface area contributed by atoms with Crippen LogP contribution in [-0.4, -0.2) is 30.7 Å². The Hall–Kier alpha value is -1.60. The van der Waals surface area contributed by atoms with E-state index in [1.54, 1.807) is 0 Å². The highest BCUT2D eigenvalue weighted by Crippen LogP contribution is 2.22. The normalized spacial score (nSPS) is 16.1. The van der Waals surface area contributed by atoms with Crippen LogP contribution in [0.5, 0.6) is 0 Å². The summed E-state index contributed by atoms with van der Waals surface area (Å²) in [5.41, 5.74) is 1.61. The van der Waals surface area contributed by atoms with E-state index in [2.05, 4.69) is 35.1 Å². The zero-order valence-corrected chi connectivity index (χ0v) is 12.7. The van der Waals surface area contributed by atoms with Gasteiger partial charge in [0, 0.05) is 18.3 Å². The summed E-state index contributed by atoms with van der Waals surface area (Å²) in [6, 6.07) is 6.37. The number of nitrogens with zero attached hydrogens (tertiary/aromatic N) is 3. The van der Waals surface area contributed by atoms with E-state index in [0.717, 1.165) is 31.1 Å². The second-order valence-corrected chi connectivity index (χ2v) is 5.91. The van der Waals surface area contributed by atoms with Gasteiger partial charge in [0.15, 0.2) is 0 Å². The van der Waals surface area contributed by atoms with Crippen LogP contribution >= 0.6 is 0 Å². The second-order valence-electron chi connectivity index (χ2n) is 5.91. The zero-order chi connectivity index (χ0) is 14.5. The fourth-order valence-corrected chi connectivity index (χ4v) is 2.77. The van der Waals surface area contributed by atoms with Crippen LogP contribution in [0.15, 0.2) is 12.1 Å². The number of aromatic nitrogens is 1. The summed E-state index contributed by atoms with van der Waals surface area (Å²) >= 11 is 0. The molecule has 4 heteroatoms. The number of hydrogen-bond donors (Lipinski definition) is 1. The summed E-state index contributed by atoms with van der Waals surface area (Å²) < 4.78 is 0. The minimum atomic E-state index is 0.394. The van der Waals surface area contributed by atoms with Crippen LogP contribution in [0.3, 0.4) is 0 Å². The van der Waals surface area contributed by atoms with Crippen LogP contribution in [0.25, 0.3) is 0 Å². The van der Waals surface area contributed by atoms with Gasteiger partial charge < -0.3 is 10.2 Å². The van der Waals surface area contributed by atoms with Gasteiger partial charge in [-0.25, -0.2) is 4.98 Å². The number of pyridine rings is 1. The third-order valence-corrected chi connectivity index (χ3v) is 3.90. The molecule has 2 heterocycles. The number of hydrogen-bond acceptors (Lipinski definition) is 4. The SMILES string of the molecule is Cc1cc(C#N)cc(N(CC2CCNCC2)C(C)C)n1. The van der Waals surface area contributed by atoms with Crippen molar-refractivity contribution in [3.8, 4) is 6.07 Å². The van der Waals surface area contributed by atoms with Gasteiger partial charge in [-0.05, 0) is 64.8 Å². The molecule has 0 atom stereocenters. The maximum absolute atomic E-state index is 9.12. The van der Waals surface area contributed by atoms with Gasteiger partial charge in [0.2, 0.25) is 0 Å². The number of aryl methyl sites for hydroxylation is 1. The lowest BCUT2D eigenvalue weighted by molar-refractivity contribution is 0.367. The van der Waals surface area contributed by atoms with Crippen LogP contribution in [0.2, 0.25) is 0 Å². The molecule has 0 bridgehead atoms.